The zero-order chi connectivity index (χ0) is 8.97. The van der Waals surface area contributed by atoms with Crippen molar-refractivity contribution in [3.8, 4) is 0 Å². The summed E-state index contributed by atoms with van der Waals surface area (Å²) in [7, 11) is 0. The Morgan fingerprint density at radius 2 is 2.00 bits per heavy atom. The molecule has 5 heteroatoms. The summed E-state index contributed by atoms with van der Waals surface area (Å²) in [4.78, 5) is 0. The van der Waals surface area contributed by atoms with Crippen LogP contribution in [0.5, 0.6) is 0 Å². The fourth-order valence-electron chi connectivity index (χ4n) is 0.732. The van der Waals surface area contributed by atoms with Crippen LogP contribution in [0.1, 0.15) is 9.67 Å². The molecule has 0 aromatic heterocycles. The fraction of sp³-hybridized carbons (Fsp3) is 0.143. The van der Waals surface area contributed by atoms with E-state index in [2.05, 4.69) is 4.18 Å². The summed E-state index contributed by atoms with van der Waals surface area (Å²) in [6.07, 6.45) is 0. The lowest BCUT2D eigenvalue weighted by atomic mass is 10.2. The van der Waals surface area contributed by atoms with Crippen molar-refractivity contribution in [2.45, 2.75) is 4.11 Å². The summed E-state index contributed by atoms with van der Waals surface area (Å²) >= 11 is -0.256. The molecule has 2 unspecified atom stereocenters. The third kappa shape index (κ3) is 3.18. The minimum atomic E-state index is -2.20. The summed E-state index contributed by atoms with van der Waals surface area (Å²) in [5.41, 5.74) is 0.875. The van der Waals surface area contributed by atoms with E-state index in [9.17, 15) is 4.21 Å². The number of alkyl halides is 1. The van der Waals surface area contributed by atoms with Crippen molar-refractivity contribution in [2.75, 3.05) is 0 Å². The summed E-state index contributed by atoms with van der Waals surface area (Å²) in [6, 6.07) is 9.26. The van der Waals surface area contributed by atoms with Crippen LogP contribution >= 0.6 is 22.6 Å². The predicted molar refractivity (Wildman–Crippen MR) is 55.1 cm³/mol. The van der Waals surface area contributed by atoms with E-state index in [4.69, 9.17) is 4.55 Å². The molecule has 1 N–H and O–H groups in total. The van der Waals surface area contributed by atoms with Gasteiger partial charge in [-0.05, 0) is 28.2 Å². The lowest BCUT2D eigenvalue weighted by Crippen LogP contribution is -1.98. The molecule has 0 amide bonds. The first-order chi connectivity index (χ1) is 5.70. The Kier molecular flexibility index (Phi) is 4.13. The van der Waals surface area contributed by atoms with Crippen LogP contribution in [0.15, 0.2) is 30.3 Å². The normalized spacial score (nSPS) is 15.5. The molecule has 0 heterocycles. The summed E-state index contributed by atoms with van der Waals surface area (Å²) < 4.78 is 23.0. The largest absolute Gasteiger partial charge is 0.303 e. The van der Waals surface area contributed by atoms with Crippen molar-refractivity contribution >= 4 is 34.0 Å². The molecule has 0 saturated carbocycles. The predicted octanol–water partition coefficient (Wildman–Crippen LogP) is 2.27. The molecule has 1 aromatic rings. The molecule has 0 aliphatic heterocycles. The van der Waals surface area contributed by atoms with Crippen LogP contribution in [0.25, 0.3) is 0 Å². The monoisotopic (exact) mass is 298 g/mol. The second-order valence-electron chi connectivity index (χ2n) is 2.04. The van der Waals surface area contributed by atoms with Crippen LogP contribution in [-0.2, 0) is 15.5 Å². The van der Waals surface area contributed by atoms with Gasteiger partial charge in [-0.3, -0.25) is 4.55 Å². The van der Waals surface area contributed by atoms with Gasteiger partial charge in [0.2, 0.25) is 0 Å². The van der Waals surface area contributed by atoms with Gasteiger partial charge in [-0.15, -0.1) is 0 Å². The minimum Gasteiger partial charge on any atom is -0.284 e. The Morgan fingerprint density at radius 3 is 2.50 bits per heavy atom. The minimum absolute atomic E-state index is 0.380. The van der Waals surface area contributed by atoms with Crippen LogP contribution in [0.2, 0.25) is 0 Å². The molecule has 1 aromatic carbocycles. The SMILES string of the molecule is O=S(O)OC(I)c1ccccc1. The van der Waals surface area contributed by atoms with E-state index < -0.39 is 11.4 Å². The summed E-state index contributed by atoms with van der Waals surface area (Å²) in [6.45, 7) is 0. The van der Waals surface area contributed by atoms with Gasteiger partial charge in [0, 0.05) is 0 Å². The van der Waals surface area contributed by atoms with Gasteiger partial charge in [0.15, 0.2) is 4.11 Å². The van der Waals surface area contributed by atoms with Crippen LogP contribution in [0.4, 0.5) is 0 Å². The highest BCUT2D eigenvalue weighted by atomic mass is 127. The van der Waals surface area contributed by atoms with Gasteiger partial charge < -0.3 is 0 Å². The smallest absolute Gasteiger partial charge is 0.284 e. The average molecular weight is 298 g/mol. The Morgan fingerprint density at radius 1 is 1.42 bits per heavy atom. The molecule has 66 valence electrons. The first-order valence-corrected chi connectivity index (χ1v) is 5.45. The Balaban J connectivity index is 2.65. The van der Waals surface area contributed by atoms with Crippen molar-refractivity contribution in [1.29, 1.82) is 0 Å². The highest BCUT2D eigenvalue weighted by Crippen LogP contribution is 2.24. The van der Waals surface area contributed by atoms with Gasteiger partial charge in [-0.25, -0.2) is 4.18 Å². The molecule has 0 aliphatic carbocycles. The molecular weight excluding hydrogens is 291 g/mol. The van der Waals surface area contributed by atoms with Crippen molar-refractivity contribution < 1.29 is 12.9 Å². The van der Waals surface area contributed by atoms with Crippen LogP contribution in [-0.4, -0.2) is 8.76 Å². The molecule has 0 fully saturated rings. The van der Waals surface area contributed by atoms with Gasteiger partial charge in [-0.2, -0.15) is 4.21 Å². The van der Waals surface area contributed by atoms with Crippen LogP contribution in [0.3, 0.4) is 0 Å². The van der Waals surface area contributed by atoms with E-state index in [0.717, 1.165) is 5.56 Å². The van der Waals surface area contributed by atoms with E-state index >= 15 is 0 Å². The van der Waals surface area contributed by atoms with Crippen molar-refractivity contribution in [3.05, 3.63) is 35.9 Å². The zero-order valence-electron chi connectivity index (χ0n) is 6.01. The van der Waals surface area contributed by atoms with Gasteiger partial charge in [-0.1, -0.05) is 30.3 Å². The molecule has 2 atom stereocenters. The number of hydrogen-bond donors (Lipinski definition) is 1. The topological polar surface area (TPSA) is 46.5 Å². The number of hydrogen-bond acceptors (Lipinski definition) is 2. The van der Waals surface area contributed by atoms with Crippen LogP contribution in [0, 0.1) is 0 Å². The van der Waals surface area contributed by atoms with Gasteiger partial charge in [0.25, 0.3) is 0 Å². The van der Waals surface area contributed by atoms with Gasteiger partial charge >= 0.3 is 11.4 Å². The van der Waals surface area contributed by atoms with E-state index in [1.165, 1.54) is 0 Å². The van der Waals surface area contributed by atoms with E-state index in [0.29, 0.717) is 0 Å². The molecular formula is C7H7IO3S. The molecule has 0 bridgehead atoms. The van der Waals surface area contributed by atoms with Crippen LogP contribution < -0.4 is 0 Å². The molecule has 1 rings (SSSR count). The lowest BCUT2D eigenvalue weighted by Gasteiger charge is -2.06. The molecule has 0 saturated heterocycles. The summed E-state index contributed by atoms with van der Waals surface area (Å²) in [5.74, 6) is 0. The fourth-order valence-corrected chi connectivity index (χ4v) is 1.94. The standard InChI is InChI=1S/C7H7IO3S/c8-7(11-12(9)10)6-4-2-1-3-5-6/h1-5,7H,(H,9,10). The molecule has 0 aliphatic rings. The quantitative estimate of drug-likeness (QED) is 0.529. The Hall–Kier alpha value is 0.0200. The highest BCUT2D eigenvalue weighted by Gasteiger charge is 2.09. The van der Waals surface area contributed by atoms with Gasteiger partial charge in [0.05, 0.1) is 0 Å². The number of rotatable bonds is 3. The van der Waals surface area contributed by atoms with Crippen molar-refractivity contribution in [2.24, 2.45) is 0 Å². The molecule has 0 spiro atoms. The lowest BCUT2D eigenvalue weighted by molar-refractivity contribution is 0.301. The maximum atomic E-state index is 10.3. The maximum Gasteiger partial charge on any atom is 0.303 e. The number of benzene rings is 1. The first-order valence-electron chi connectivity index (χ1n) is 3.17. The Bertz CT molecular complexity index is 265. The molecule has 0 radical (unpaired) electrons. The highest BCUT2D eigenvalue weighted by molar-refractivity contribution is 14.1. The van der Waals surface area contributed by atoms with E-state index in [1.54, 1.807) is 0 Å². The second kappa shape index (κ2) is 4.90. The van der Waals surface area contributed by atoms with Gasteiger partial charge in [0.1, 0.15) is 0 Å². The van der Waals surface area contributed by atoms with E-state index in [-0.39, 0.29) is 4.11 Å². The zero-order valence-corrected chi connectivity index (χ0v) is 8.99. The van der Waals surface area contributed by atoms with Crippen molar-refractivity contribution in [3.63, 3.8) is 0 Å². The third-order valence-electron chi connectivity index (χ3n) is 1.23. The van der Waals surface area contributed by atoms with Crippen molar-refractivity contribution in [1.82, 2.24) is 0 Å². The second-order valence-corrected chi connectivity index (χ2v) is 3.80. The first kappa shape index (κ1) is 10.1. The summed E-state index contributed by atoms with van der Waals surface area (Å²) in [5, 5.41) is 0. The average Bonchev–Trinajstić information content (AvgIpc) is 2.05. The molecule has 12 heavy (non-hydrogen) atoms. The Labute approximate surface area is 86.8 Å². The van der Waals surface area contributed by atoms with E-state index in [1.807, 2.05) is 52.9 Å². The molecule has 3 nitrogen and oxygen atoms in total. The maximum absolute atomic E-state index is 10.3. The number of halogens is 1. The third-order valence-corrected chi connectivity index (χ3v) is 2.90.